The normalized spacial score (nSPS) is 14.6. The van der Waals surface area contributed by atoms with Gasteiger partial charge in [0.1, 0.15) is 5.15 Å². The van der Waals surface area contributed by atoms with Gasteiger partial charge in [-0.1, -0.05) is 25.4 Å². The van der Waals surface area contributed by atoms with Crippen LogP contribution >= 0.6 is 11.6 Å². The predicted octanol–water partition coefficient (Wildman–Crippen LogP) is 2.51. The second kappa shape index (κ2) is 7.04. The zero-order chi connectivity index (χ0) is 14.5. The van der Waals surface area contributed by atoms with Gasteiger partial charge in [-0.25, -0.2) is 4.98 Å². The number of nitrogens with one attached hydrogen (secondary N) is 1. The monoisotopic (exact) mass is 295 g/mol. The number of pyridine rings is 1. The number of nitrogens with zero attached hydrogens (tertiary/aromatic N) is 2. The van der Waals surface area contributed by atoms with Gasteiger partial charge >= 0.3 is 0 Å². The number of carbonyl (C=O) groups excluding carboxylic acids is 1. The molecule has 1 aromatic heterocycles. The number of carbonyl (C=O) groups is 1. The van der Waals surface area contributed by atoms with Crippen LogP contribution in [0.5, 0.6) is 0 Å². The van der Waals surface area contributed by atoms with Crippen LogP contribution in [0.15, 0.2) is 12.1 Å². The first-order valence-corrected chi connectivity index (χ1v) is 7.70. The summed E-state index contributed by atoms with van der Waals surface area (Å²) in [6.07, 6.45) is 3.36. The van der Waals surface area contributed by atoms with E-state index in [2.05, 4.69) is 22.1 Å². The molecule has 0 bridgehead atoms. The van der Waals surface area contributed by atoms with Crippen molar-refractivity contribution in [1.82, 2.24) is 15.2 Å². The zero-order valence-electron chi connectivity index (χ0n) is 12.2. The summed E-state index contributed by atoms with van der Waals surface area (Å²) < 4.78 is 0. The lowest BCUT2D eigenvalue weighted by Crippen LogP contribution is -2.36. The molecular formula is C15H22ClN3O. The van der Waals surface area contributed by atoms with Crippen LogP contribution in [0.2, 0.25) is 5.15 Å². The van der Waals surface area contributed by atoms with Crippen molar-refractivity contribution in [2.24, 2.45) is 0 Å². The average molecular weight is 296 g/mol. The highest BCUT2D eigenvalue weighted by Gasteiger charge is 2.27. The molecule has 1 amide bonds. The fraction of sp³-hybridized carbons (Fsp3) is 0.600. The van der Waals surface area contributed by atoms with Gasteiger partial charge in [0.05, 0.1) is 0 Å². The Labute approximate surface area is 125 Å². The Balaban J connectivity index is 1.86. The number of amides is 1. The minimum absolute atomic E-state index is 0.0733. The molecule has 1 aromatic rings. The summed E-state index contributed by atoms with van der Waals surface area (Å²) in [6, 6.07) is 4.16. The largest absolute Gasteiger partial charge is 0.351 e. The first kappa shape index (κ1) is 15.3. The molecule has 0 spiro atoms. The van der Waals surface area contributed by atoms with Crippen molar-refractivity contribution < 1.29 is 4.79 Å². The number of hydrogen-bond donors (Lipinski definition) is 1. The average Bonchev–Trinajstić information content (AvgIpc) is 3.27. The van der Waals surface area contributed by atoms with E-state index in [-0.39, 0.29) is 5.91 Å². The Morgan fingerprint density at radius 2 is 2.20 bits per heavy atom. The molecule has 1 aliphatic rings. The number of hydrogen-bond acceptors (Lipinski definition) is 3. The molecule has 1 saturated carbocycles. The molecule has 0 aromatic carbocycles. The fourth-order valence-electron chi connectivity index (χ4n) is 2.32. The molecule has 110 valence electrons. The highest BCUT2D eigenvalue weighted by atomic mass is 35.5. The maximum Gasteiger partial charge on any atom is 0.251 e. The van der Waals surface area contributed by atoms with E-state index in [9.17, 15) is 4.79 Å². The van der Waals surface area contributed by atoms with Gasteiger partial charge in [0.15, 0.2) is 0 Å². The van der Waals surface area contributed by atoms with Crippen molar-refractivity contribution >= 4 is 17.5 Å². The van der Waals surface area contributed by atoms with E-state index < -0.39 is 0 Å². The van der Waals surface area contributed by atoms with Crippen molar-refractivity contribution in [2.75, 3.05) is 19.6 Å². The van der Waals surface area contributed by atoms with Crippen molar-refractivity contribution in [1.29, 1.82) is 0 Å². The van der Waals surface area contributed by atoms with Crippen LogP contribution in [-0.2, 0) is 6.42 Å². The van der Waals surface area contributed by atoms with E-state index in [0.29, 0.717) is 17.3 Å². The zero-order valence-corrected chi connectivity index (χ0v) is 12.9. The summed E-state index contributed by atoms with van der Waals surface area (Å²) in [6.45, 7) is 6.78. The van der Waals surface area contributed by atoms with Gasteiger partial charge < -0.3 is 5.32 Å². The molecule has 20 heavy (non-hydrogen) atoms. The summed E-state index contributed by atoms with van der Waals surface area (Å²) >= 11 is 5.93. The van der Waals surface area contributed by atoms with Crippen molar-refractivity contribution in [2.45, 2.75) is 39.2 Å². The van der Waals surface area contributed by atoms with Gasteiger partial charge in [0, 0.05) is 30.4 Å². The number of rotatable bonds is 7. The molecule has 2 rings (SSSR count). The minimum atomic E-state index is -0.0733. The summed E-state index contributed by atoms with van der Waals surface area (Å²) in [4.78, 5) is 18.7. The first-order chi connectivity index (χ1) is 9.63. The number of halogens is 1. The highest BCUT2D eigenvalue weighted by Crippen LogP contribution is 2.25. The van der Waals surface area contributed by atoms with Crippen molar-refractivity contribution in [3.8, 4) is 0 Å². The van der Waals surface area contributed by atoms with Crippen LogP contribution in [0.1, 0.15) is 42.7 Å². The summed E-state index contributed by atoms with van der Waals surface area (Å²) in [5.41, 5.74) is 1.44. The molecule has 0 radical (unpaired) electrons. The van der Waals surface area contributed by atoms with Crippen LogP contribution in [0.4, 0.5) is 0 Å². The summed E-state index contributed by atoms with van der Waals surface area (Å²) in [7, 11) is 0. The Hall–Kier alpha value is -1.13. The second-order valence-corrected chi connectivity index (χ2v) is 5.53. The van der Waals surface area contributed by atoms with Gasteiger partial charge in [-0.05, 0) is 37.9 Å². The number of aromatic nitrogens is 1. The fourth-order valence-corrected chi connectivity index (χ4v) is 2.54. The Kier molecular flexibility index (Phi) is 5.38. The van der Waals surface area contributed by atoms with Gasteiger partial charge in [-0.3, -0.25) is 9.69 Å². The van der Waals surface area contributed by atoms with Gasteiger partial charge in [0.25, 0.3) is 5.91 Å². The standard InChI is InChI=1S/C15H22ClN3O/c1-3-12-9-11(10-14(16)18-12)15(20)17-7-8-19(4-2)13-5-6-13/h9-10,13H,3-8H2,1-2H3,(H,17,20). The predicted molar refractivity (Wildman–Crippen MR) is 81.2 cm³/mol. The third-order valence-electron chi connectivity index (χ3n) is 3.63. The molecule has 1 fully saturated rings. The molecule has 1 heterocycles. The van der Waals surface area contributed by atoms with Crippen LogP contribution < -0.4 is 5.32 Å². The number of aryl methyl sites for hydroxylation is 1. The lowest BCUT2D eigenvalue weighted by atomic mass is 10.2. The maximum atomic E-state index is 12.1. The molecule has 4 nitrogen and oxygen atoms in total. The van der Waals surface area contributed by atoms with Crippen LogP contribution in [-0.4, -0.2) is 41.5 Å². The van der Waals surface area contributed by atoms with Crippen molar-refractivity contribution in [3.63, 3.8) is 0 Å². The van der Waals surface area contributed by atoms with E-state index in [1.165, 1.54) is 12.8 Å². The quantitative estimate of drug-likeness (QED) is 0.786. The topological polar surface area (TPSA) is 45.2 Å². The van der Waals surface area contributed by atoms with E-state index in [0.717, 1.165) is 31.2 Å². The SMILES string of the molecule is CCc1cc(C(=O)NCCN(CC)C2CC2)cc(Cl)n1. The lowest BCUT2D eigenvalue weighted by Gasteiger charge is -2.19. The smallest absolute Gasteiger partial charge is 0.251 e. The molecule has 0 unspecified atom stereocenters. The maximum absolute atomic E-state index is 12.1. The van der Waals surface area contributed by atoms with Gasteiger partial charge in [0.2, 0.25) is 0 Å². The van der Waals surface area contributed by atoms with E-state index in [1.807, 2.05) is 6.92 Å². The molecule has 0 atom stereocenters. The van der Waals surface area contributed by atoms with Crippen LogP contribution in [0.25, 0.3) is 0 Å². The van der Waals surface area contributed by atoms with Crippen molar-refractivity contribution in [3.05, 3.63) is 28.5 Å². The summed E-state index contributed by atoms with van der Waals surface area (Å²) in [5, 5.41) is 3.34. The Morgan fingerprint density at radius 1 is 1.45 bits per heavy atom. The second-order valence-electron chi connectivity index (χ2n) is 5.14. The van der Waals surface area contributed by atoms with Gasteiger partial charge in [-0.2, -0.15) is 0 Å². The number of likely N-dealkylation sites (N-methyl/N-ethyl adjacent to an activating group) is 1. The highest BCUT2D eigenvalue weighted by molar-refractivity contribution is 6.29. The molecule has 1 aliphatic carbocycles. The van der Waals surface area contributed by atoms with E-state index >= 15 is 0 Å². The van der Waals surface area contributed by atoms with Crippen LogP contribution in [0.3, 0.4) is 0 Å². The van der Waals surface area contributed by atoms with Crippen LogP contribution in [0, 0.1) is 0 Å². The Morgan fingerprint density at radius 3 is 2.80 bits per heavy atom. The Bertz CT molecular complexity index is 474. The molecular weight excluding hydrogens is 274 g/mol. The van der Waals surface area contributed by atoms with E-state index in [1.54, 1.807) is 12.1 Å². The third kappa shape index (κ3) is 4.18. The third-order valence-corrected chi connectivity index (χ3v) is 3.82. The molecule has 5 heteroatoms. The molecule has 0 aliphatic heterocycles. The lowest BCUT2D eigenvalue weighted by molar-refractivity contribution is 0.0947. The summed E-state index contributed by atoms with van der Waals surface area (Å²) in [5.74, 6) is -0.0733. The van der Waals surface area contributed by atoms with E-state index in [4.69, 9.17) is 11.6 Å². The minimum Gasteiger partial charge on any atom is -0.351 e. The van der Waals surface area contributed by atoms with Gasteiger partial charge in [-0.15, -0.1) is 0 Å². The molecule has 1 N–H and O–H groups in total. The first-order valence-electron chi connectivity index (χ1n) is 7.32. The molecule has 0 saturated heterocycles.